The lowest BCUT2D eigenvalue weighted by atomic mass is 9.91. The molecular formula is C44H84N6O12P2. The molecule has 4 N–H and O–H groups in total. The predicted octanol–water partition coefficient (Wildman–Crippen LogP) is 4.91. The Labute approximate surface area is 384 Å². The van der Waals surface area contributed by atoms with Gasteiger partial charge in [-0.25, -0.2) is 4.57 Å². The van der Waals surface area contributed by atoms with Crippen molar-refractivity contribution in [2.24, 2.45) is 23.7 Å². The van der Waals surface area contributed by atoms with E-state index in [1.54, 1.807) is 14.1 Å². The highest BCUT2D eigenvalue weighted by Gasteiger charge is 2.43. The molecule has 8 atom stereocenters. The summed E-state index contributed by atoms with van der Waals surface area (Å²) < 4.78 is 44.7. The molecule has 4 amide bonds. The average molecular weight is 951 g/mol. The summed E-state index contributed by atoms with van der Waals surface area (Å²) in [6.07, 6.45) is 10.9. The summed E-state index contributed by atoms with van der Waals surface area (Å²) in [5.74, 6) is -1.10. The Bertz CT molecular complexity index is 1480. The third kappa shape index (κ3) is 20.6. The molecule has 0 saturated carbocycles. The quantitative estimate of drug-likeness (QED) is 0.0816. The Balaban J connectivity index is 0.000000640. The van der Waals surface area contributed by atoms with Gasteiger partial charge in [0.15, 0.2) is 21.0 Å². The van der Waals surface area contributed by atoms with Gasteiger partial charge in [-0.2, -0.15) is 0 Å². The monoisotopic (exact) mass is 951 g/mol. The first-order valence-corrected chi connectivity index (χ1v) is 26.7. The van der Waals surface area contributed by atoms with Gasteiger partial charge < -0.3 is 44.2 Å². The summed E-state index contributed by atoms with van der Waals surface area (Å²) in [6.45, 7) is 20.3. The van der Waals surface area contributed by atoms with Crippen LogP contribution in [0.15, 0.2) is 24.3 Å². The zero-order chi connectivity index (χ0) is 48.9. The van der Waals surface area contributed by atoms with Crippen molar-refractivity contribution in [3.63, 3.8) is 0 Å². The van der Waals surface area contributed by atoms with Gasteiger partial charge >= 0.3 is 7.82 Å². The van der Waals surface area contributed by atoms with Gasteiger partial charge in [-0.1, -0.05) is 65.8 Å². The second-order valence-electron chi connectivity index (χ2n) is 18.2. The SMILES string of the molecule is C/C=C/CC(C)C(OCOP(=O)(O)O)C1C(=O)NCCCCN(C)C(C(C)C)C(=O)N1C.C/C=C/CC(C)C(OCOP(C)(C)=O)C1C(=O)NCCCCN(C)C(C(C)C)C(=O)N1C. The first kappa shape index (κ1) is 59.5. The number of ether oxygens (including phenoxy) is 2. The van der Waals surface area contributed by atoms with E-state index >= 15 is 0 Å². The maximum Gasteiger partial charge on any atom is 0.471 e. The van der Waals surface area contributed by atoms with Crippen LogP contribution >= 0.6 is 15.2 Å². The number of amides is 4. The highest BCUT2D eigenvalue weighted by Crippen LogP contribution is 2.38. The van der Waals surface area contributed by atoms with Crippen molar-refractivity contribution in [3.05, 3.63) is 24.3 Å². The molecule has 18 nitrogen and oxygen atoms in total. The predicted molar refractivity (Wildman–Crippen MR) is 250 cm³/mol. The van der Waals surface area contributed by atoms with Crippen molar-refractivity contribution >= 4 is 38.8 Å². The number of allylic oxidation sites excluding steroid dienone is 4. The zero-order valence-electron chi connectivity index (χ0n) is 41.2. The van der Waals surface area contributed by atoms with Gasteiger partial charge in [-0.3, -0.25) is 38.1 Å². The number of nitrogens with zero attached hydrogens (tertiary/aromatic N) is 4. The van der Waals surface area contributed by atoms with Crippen LogP contribution in [0.25, 0.3) is 0 Å². The molecule has 2 heterocycles. The van der Waals surface area contributed by atoms with Gasteiger partial charge in [-0.15, -0.1) is 0 Å². The van der Waals surface area contributed by atoms with Gasteiger partial charge in [0.05, 0.1) is 24.3 Å². The normalized spacial score (nSPS) is 24.5. The van der Waals surface area contributed by atoms with Crippen LogP contribution in [0.3, 0.4) is 0 Å². The van der Waals surface area contributed by atoms with Gasteiger partial charge in [0.2, 0.25) is 23.6 Å². The fraction of sp³-hybridized carbons (Fsp3) is 0.818. The summed E-state index contributed by atoms with van der Waals surface area (Å²) in [6, 6.07) is -2.56. The van der Waals surface area contributed by atoms with Crippen molar-refractivity contribution in [2.45, 2.75) is 130 Å². The molecule has 0 aliphatic carbocycles. The van der Waals surface area contributed by atoms with Crippen LogP contribution in [0.4, 0.5) is 0 Å². The molecule has 2 rings (SSSR count). The molecule has 0 radical (unpaired) electrons. The third-order valence-corrected chi connectivity index (χ3v) is 12.8. The van der Waals surface area contributed by atoms with Crippen molar-refractivity contribution in [1.82, 2.24) is 30.2 Å². The Kier molecular flexibility index (Phi) is 27.2. The van der Waals surface area contributed by atoms with Crippen LogP contribution in [0.2, 0.25) is 0 Å². The molecular weight excluding hydrogens is 866 g/mol. The number of phosphoric ester groups is 1. The molecule has 64 heavy (non-hydrogen) atoms. The van der Waals surface area contributed by atoms with E-state index in [-0.39, 0.29) is 60.1 Å². The van der Waals surface area contributed by atoms with Crippen LogP contribution in [-0.4, -0.2) is 171 Å². The lowest BCUT2D eigenvalue weighted by molar-refractivity contribution is -0.156. The standard InChI is InChI=1S/C23H44N3O5P.C21H40N3O7P/c1-9-10-13-18(4)21(30-16-31-32(7,8)29)20-22(27)24-14-11-12-15-25(5)19(17(2)3)23(28)26(20)6;1-7-8-11-16(4)19(30-14-31-32(27,28)29)18-20(25)22-12-9-10-13-23(5)17(15(2)3)21(26)24(18)6/h9-10,17-21H,11-16H2,1-8H3,(H,24,27);7-8,15-19H,9-14H2,1-6H3,(H,22,25)(H2,27,28,29)/b10-9+;8-7+. The second kappa shape index (κ2) is 29.3. The van der Waals surface area contributed by atoms with E-state index in [4.69, 9.17) is 23.8 Å². The first-order valence-electron chi connectivity index (χ1n) is 22.6. The van der Waals surface area contributed by atoms with E-state index in [0.717, 1.165) is 38.8 Å². The van der Waals surface area contributed by atoms with Gasteiger partial charge in [0.25, 0.3) is 0 Å². The Morgan fingerprint density at radius 2 is 0.984 bits per heavy atom. The second-order valence-corrected chi connectivity index (χ2v) is 22.2. The van der Waals surface area contributed by atoms with E-state index in [1.165, 1.54) is 23.1 Å². The number of hydrogen-bond acceptors (Lipinski definition) is 12. The van der Waals surface area contributed by atoms with Crippen LogP contribution in [0, 0.1) is 23.7 Å². The van der Waals surface area contributed by atoms with E-state index in [2.05, 4.69) is 20.1 Å². The average Bonchev–Trinajstić information content (AvgIpc) is 3.21. The minimum Gasteiger partial charge on any atom is -0.354 e. The number of nitrogens with one attached hydrogen (secondary N) is 2. The molecule has 0 aromatic rings. The van der Waals surface area contributed by atoms with Gasteiger partial charge in [0.1, 0.15) is 12.1 Å². The minimum atomic E-state index is -4.75. The molecule has 2 fully saturated rings. The van der Waals surface area contributed by atoms with Gasteiger partial charge in [0, 0.05) is 40.5 Å². The smallest absolute Gasteiger partial charge is 0.354 e. The Morgan fingerprint density at radius 3 is 1.30 bits per heavy atom. The molecule has 372 valence electrons. The van der Waals surface area contributed by atoms with Crippen molar-refractivity contribution in [3.8, 4) is 0 Å². The van der Waals surface area contributed by atoms with Gasteiger partial charge in [-0.05, 0) is 103 Å². The van der Waals surface area contributed by atoms with E-state index in [9.17, 15) is 28.3 Å². The van der Waals surface area contributed by atoms with Crippen molar-refractivity contribution in [2.75, 3.05) is 81.3 Å². The Hall–Kier alpha value is -2.50. The van der Waals surface area contributed by atoms with Crippen LogP contribution in [0.5, 0.6) is 0 Å². The molecule has 0 aromatic carbocycles. The summed E-state index contributed by atoms with van der Waals surface area (Å²) in [4.78, 5) is 78.8. The lowest BCUT2D eigenvalue weighted by Gasteiger charge is -2.39. The summed E-state index contributed by atoms with van der Waals surface area (Å²) >= 11 is 0. The zero-order valence-corrected chi connectivity index (χ0v) is 43.0. The van der Waals surface area contributed by atoms with Crippen molar-refractivity contribution in [1.29, 1.82) is 0 Å². The summed E-state index contributed by atoms with van der Waals surface area (Å²) in [5.41, 5.74) is 0. The highest BCUT2D eigenvalue weighted by atomic mass is 31.2. The molecule has 2 saturated heterocycles. The number of hydrogen-bond donors (Lipinski definition) is 4. The number of carbonyl (C=O) groups is 4. The van der Waals surface area contributed by atoms with Crippen LogP contribution < -0.4 is 10.6 Å². The molecule has 0 aromatic heterocycles. The number of phosphoric acid groups is 1. The fourth-order valence-corrected chi connectivity index (χ4v) is 8.66. The molecule has 0 spiro atoms. The van der Waals surface area contributed by atoms with Crippen molar-refractivity contribution < 1.29 is 56.6 Å². The Morgan fingerprint density at radius 1 is 0.625 bits per heavy atom. The number of likely N-dealkylation sites (N-methyl/N-ethyl adjacent to an activating group) is 4. The maximum atomic E-state index is 13.6. The molecule has 2 aliphatic heterocycles. The maximum absolute atomic E-state index is 13.6. The molecule has 2 aliphatic rings. The largest absolute Gasteiger partial charge is 0.471 e. The topological polar surface area (TPSA) is 217 Å². The van der Waals surface area contributed by atoms with E-state index < -0.39 is 52.3 Å². The highest BCUT2D eigenvalue weighted by molar-refractivity contribution is 7.57. The van der Waals surface area contributed by atoms with Crippen LogP contribution in [0.1, 0.15) is 93.9 Å². The number of rotatable bonds is 18. The first-order chi connectivity index (χ1) is 29.8. The molecule has 0 bridgehead atoms. The molecule has 20 heteroatoms. The summed E-state index contributed by atoms with van der Waals surface area (Å²) in [7, 11) is -0.359. The lowest BCUT2D eigenvalue weighted by Crippen LogP contribution is -2.60. The fourth-order valence-electron chi connectivity index (χ4n) is 8.15. The molecule has 8 unspecified atom stereocenters. The third-order valence-electron chi connectivity index (χ3n) is 11.6. The number of carbonyl (C=O) groups excluding carboxylic acids is 4. The minimum absolute atomic E-state index is 0.0252. The van der Waals surface area contributed by atoms with E-state index in [0.29, 0.717) is 25.9 Å². The van der Waals surface area contributed by atoms with Crippen LogP contribution in [-0.2, 0) is 46.8 Å². The van der Waals surface area contributed by atoms with E-state index in [1.807, 2.05) is 98.7 Å². The summed E-state index contributed by atoms with van der Waals surface area (Å²) in [5, 5.41) is 5.89.